The van der Waals surface area contributed by atoms with Gasteiger partial charge in [0.15, 0.2) is 5.78 Å². The molecule has 0 radical (unpaired) electrons. The van der Waals surface area contributed by atoms with Crippen molar-refractivity contribution in [2.75, 3.05) is 58.1 Å². The molecule has 0 amide bonds. The predicted octanol–water partition coefficient (Wildman–Crippen LogP) is 3.41. The van der Waals surface area contributed by atoms with Crippen LogP contribution in [-0.2, 0) is 19.0 Å². The SMILES string of the molecule is CC.CCNc1ccc(OCCOCCOCCOCC(C)=O)cc1.[HH]. The van der Waals surface area contributed by atoms with Gasteiger partial charge in [0.1, 0.15) is 19.0 Å². The minimum absolute atomic E-state index is 0. The number of nitrogens with one attached hydrogen (secondary N) is 1. The summed E-state index contributed by atoms with van der Waals surface area (Å²) in [5.74, 6) is 0.846. The molecule has 146 valence electrons. The Kier molecular flexibility index (Phi) is 16.1. The molecule has 0 aromatic heterocycles. The lowest BCUT2D eigenvalue weighted by atomic mass is 10.3. The van der Waals surface area contributed by atoms with Crippen LogP contribution in [0.15, 0.2) is 24.3 Å². The summed E-state index contributed by atoms with van der Waals surface area (Å²) in [6.07, 6.45) is 0. The van der Waals surface area contributed by atoms with Gasteiger partial charge in [0.05, 0.1) is 33.0 Å². The Morgan fingerprint density at radius 2 is 1.44 bits per heavy atom. The molecule has 6 heteroatoms. The molecule has 0 fully saturated rings. The van der Waals surface area contributed by atoms with Gasteiger partial charge in [-0.25, -0.2) is 0 Å². The molecule has 0 aliphatic heterocycles. The molecule has 0 spiro atoms. The lowest BCUT2D eigenvalue weighted by Crippen LogP contribution is -2.14. The third-order valence-corrected chi connectivity index (χ3v) is 2.78. The summed E-state index contributed by atoms with van der Waals surface area (Å²) in [6, 6.07) is 7.84. The number of carbonyl (C=O) groups is 1. The number of Topliss-reactive ketones (excluding diaryl/α,β-unsaturated/α-hetero) is 1. The summed E-state index contributed by atoms with van der Waals surface area (Å²) in [7, 11) is 0. The molecule has 1 aromatic carbocycles. The first kappa shape index (κ1) is 23.4. The molecule has 1 aromatic rings. The molecule has 25 heavy (non-hydrogen) atoms. The van der Waals surface area contributed by atoms with Crippen molar-refractivity contribution in [1.82, 2.24) is 0 Å². The quantitative estimate of drug-likeness (QED) is 0.515. The molecule has 0 aliphatic carbocycles. The van der Waals surface area contributed by atoms with Crippen molar-refractivity contribution in [3.8, 4) is 5.75 Å². The second-order valence-corrected chi connectivity index (χ2v) is 4.88. The second kappa shape index (κ2) is 17.2. The van der Waals surface area contributed by atoms with Gasteiger partial charge in [-0.15, -0.1) is 0 Å². The monoisotopic (exact) mass is 357 g/mol. The summed E-state index contributed by atoms with van der Waals surface area (Å²) in [4.78, 5) is 10.6. The number of hydrogen-bond donors (Lipinski definition) is 1. The Balaban J connectivity index is 0. The van der Waals surface area contributed by atoms with Crippen LogP contribution in [-0.4, -0.2) is 58.6 Å². The van der Waals surface area contributed by atoms with Crippen LogP contribution in [0.4, 0.5) is 5.69 Å². The lowest BCUT2D eigenvalue weighted by Gasteiger charge is -2.09. The standard InChI is InChI=1S/C17H27NO5.C2H6.H2/c1-3-18-16-4-6-17(7-5-16)23-13-12-21-9-8-20-10-11-22-14-15(2)19;1-2;/h4-7,18H,3,8-14H2,1-2H3;1-2H3;1H. The van der Waals surface area contributed by atoms with Crippen LogP contribution >= 0.6 is 0 Å². The Morgan fingerprint density at radius 1 is 0.920 bits per heavy atom. The van der Waals surface area contributed by atoms with Gasteiger partial charge in [0.25, 0.3) is 0 Å². The van der Waals surface area contributed by atoms with Crippen LogP contribution in [0.2, 0.25) is 0 Å². The van der Waals surface area contributed by atoms with Crippen molar-refractivity contribution in [1.29, 1.82) is 0 Å². The fourth-order valence-electron chi connectivity index (χ4n) is 1.75. The van der Waals surface area contributed by atoms with Gasteiger partial charge >= 0.3 is 0 Å². The zero-order valence-corrected chi connectivity index (χ0v) is 16.0. The van der Waals surface area contributed by atoms with Gasteiger partial charge in [-0.3, -0.25) is 4.79 Å². The first-order valence-electron chi connectivity index (χ1n) is 8.91. The molecular weight excluding hydrogens is 322 g/mol. The number of rotatable bonds is 14. The van der Waals surface area contributed by atoms with Gasteiger partial charge in [-0.05, 0) is 38.1 Å². The Bertz CT molecular complexity index is 428. The highest BCUT2D eigenvalue weighted by Crippen LogP contribution is 2.15. The van der Waals surface area contributed by atoms with Crippen molar-refractivity contribution < 1.29 is 25.2 Å². The van der Waals surface area contributed by atoms with Crippen LogP contribution in [0.25, 0.3) is 0 Å². The van der Waals surface area contributed by atoms with Crippen molar-refractivity contribution in [3.63, 3.8) is 0 Å². The minimum Gasteiger partial charge on any atom is -0.491 e. The maximum atomic E-state index is 10.6. The summed E-state index contributed by atoms with van der Waals surface area (Å²) in [5, 5.41) is 3.23. The third-order valence-electron chi connectivity index (χ3n) is 2.78. The van der Waals surface area contributed by atoms with Crippen molar-refractivity contribution in [3.05, 3.63) is 24.3 Å². The number of benzene rings is 1. The molecule has 0 saturated carbocycles. The number of ether oxygens (including phenoxy) is 4. The largest absolute Gasteiger partial charge is 0.491 e. The van der Waals surface area contributed by atoms with Gasteiger partial charge in [0.2, 0.25) is 0 Å². The Morgan fingerprint density at radius 3 is 1.96 bits per heavy atom. The highest BCUT2D eigenvalue weighted by atomic mass is 16.6. The maximum absolute atomic E-state index is 10.6. The zero-order valence-electron chi connectivity index (χ0n) is 16.0. The van der Waals surface area contributed by atoms with E-state index in [0.717, 1.165) is 18.0 Å². The van der Waals surface area contributed by atoms with Crippen LogP contribution in [0.1, 0.15) is 29.1 Å². The summed E-state index contributed by atoms with van der Waals surface area (Å²) in [6.45, 7) is 11.5. The average Bonchev–Trinajstić information content (AvgIpc) is 2.63. The van der Waals surface area contributed by atoms with E-state index in [9.17, 15) is 4.79 Å². The molecule has 1 rings (SSSR count). The van der Waals surface area contributed by atoms with E-state index in [1.54, 1.807) is 0 Å². The Hall–Kier alpha value is -1.63. The average molecular weight is 357 g/mol. The van der Waals surface area contributed by atoms with Crippen molar-refractivity contribution in [2.24, 2.45) is 0 Å². The maximum Gasteiger partial charge on any atom is 0.155 e. The first-order valence-corrected chi connectivity index (χ1v) is 8.91. The molecular formula is C19H35NO5. The van der Waals surface area contributed by atoms with Crippen LogP contribution < -0.4 is 10.1 Å². The number of hydrogen-bond acceptors (Lipinski definition) is 6. The molecule has 0 heterocycles. The summed E-state index contributed by atoms with van der Waals surface area (Å²) < 4.78 is 21.4. The van der Waals surface area contributed by atoms with E-state index in [1.807, 2.05) is 38.1 Å². The van der Waals surface area contributed by atoms with Crippen molar-refractivity contribution >= 4 is 11.5 Å². The van der Waals surface area contributed by atoms with E-state index < -0.39 is 0 Å². The van der Waals surface area contributed by atoms with Gasteiger partial charge < -0.3 is 24.3 Å². The van der Waals surface area contributed by atoms with E-state index >= 15 is 0 Å². The number of ketones is 1. The van der Waals surface area contributed by atoms with E-state index in [0.29, 0.717) is 39.6 Å². The molecule has 0 saturated heterocycles. The molecule has 0 bridgehead atoms. The first-order chi connectivity index (χ1) is 12.2. The van der Waals surface area contributed by atoms with Crippen LogP contribution in [0.5, 0.6) is 5.75 Å². The molecule has 0 aliphatic rings. The van der Waals surface area contributed by atoms with Gasteiger partial charge in [-0.2, -0.15) is 0 Å². The summed E-state index contributed by atoms with van der Waals surface area (Å²) in [5.41, 5.74) is 1.08. The van der Waals surface area contributed by atoms with Crippen molar-refractivity contribution in [2.45, 2.75) is 27.7 Å². The van der Waals surface area contributed by atoms with E-state index in [2.05, 4.69) is 12.2 Å². The number of carbonyl (C=O) groups excluding carboxylic acids is 1. The van der Waals surface area contributed by atoms with Crippen LogP contribution in [0.3, 0.4) is 0 Å². The Labute approximate surface area is 153 Å². The van der Waals surface area contributed by atoms with E-state index in [1.165, 1.54) is 6.92 Å². The zero-order chi connectivity index (χ0) is 18.8. The fraction of sp³-hybridized carbons (Fsp3) is 0.632. The smallest absolute Gasteiger partial charge is 0.155 e. The van der Waals surface area contributed by atoms with Gasteiger partial charge in [-0.1, -0.05) is 13.8 Å². The van der Waals surface area contributed by atoms with E-state index in [-0.39, 0.29) is 13.8 Å². The minimum atomic E-state index is 0. The molecule has 1 N–H and O–H groups in total. The van der Waals surface area contributed by atoms with E-state index in [4.69, 9.17) is 18.9 Å². The van der Waals surface area contributed by atoms with Gasteiger partial charge in [0, 0.05) is 13.7 Å². The third kappa shape index (κ3) is 14.4. The second-order valence-electron chi connectivity index (χ2n) is 4.88. The molecule has 0 unspecified atom stereocenters. The topological polar surface area (TPSA) is 66.0 Å². The summed E-state index contributed by atoms with van der Waals surface area (Å²) >= 11 is 0. The normalized spacial score (nSPS) is 9.92. The lowest BCUT2D eigenvalue weighted by molar-refractivity contribution is -0.122. The number of anilines is 1. The molecule has 0 atom stereocenters. The molecule has 6 nitrogen and oxygen atoms in total. The highest BCUT2D eigenvalue weighted by Gasteiger charge is 1.96. The highest BCUT2D eigenvalue weighted by molar-refractivity contribution is 5.76. The fourth-order valence-corrected chi connectivity index (χ4v) is 1.75. The van der Waals surface area contributed by atoms with Crippen LogP contribution in [0, 0.1) is 0 Å². The predicted molar refractivity (Wildman–Crippen MR) is 103 cm³/mol.